The van der Waals surface area contributed by atoms with Crippen molar-refractivity contribution in [3.8, 4) is 0 Å². The highest BCUT2D eigenvalue weighted by Gasteiger charge is 2.14. The summed E-state index contributed by atoms with van der Waals surface area (Å²) in [4.78, 5) is 3.96. The lowest BCUT2D eigenvalue weighted by Gasteiger charge is -2.21. The van der Waals surface area contributed by atoms with Gasteiger partial charge in [0.25, 0.3) is 0 Å². The Morgan fingerprint density at radius 2 is 2.31 bits per heavy atom. The summed E-state index contributed by atoms with van der Waals surface area (Å²) >= 11 is 0. The number of hydrogen-bond acceptors (Lipinski definition) is 3. The zero-order chi connectivity index (χ0) is 10.1. The molecule has 0 heterocycles. The van der Waals surface area contributed by atoms with Crippen molar-refractivity contribution < 1.29 is 9.84 Å². The van der Waals surface area contributed by atoms with E-state index in [0.717, 1.165) is 6.42 Å². The predicted octanol–water partition coefficient (Wildman–Crippen LogP) is 0.397. The molecule has 0 bridgehead atoms. The van der Waals surface area contributed by atoms with E-state index in [4.69, 9.17) is 15.6 Å². The van der Waals surface area contributed by atoms with Crippen molar-refractivity contribution in [2.45, 2.75) is 26.4 Å². The molecule has 0 aliphatic carbocycles. The molecule has 0 saturated heterocycles. The fraction of sp³-hybridized carbons (Fsp3) is 0.889. The molecule has 2 atom stereocenters. The Kier molecular flexibility index (Phi) is 7.63. The Hall–Kier alpha value is -0.610. The first-order valence-corrected chi connectivity index (χ1v) is 4.68. The summed E-state index contributed by atoms with van der Waals surface area (Å²) in [7, 11) is 0. The summed E-state index contributed by atoms with van der Waals surface area (Å²) in [5.74, 6) is 0.344. The van der Waals surface area contributed by atoms with Gasteiger partial charge in [-0.3, -0.25) is 4.99 Å². The Balaban J connectivity index is 3.76. The number of nitrogens with two attached hydrogens (primary N) is 1. The molecule has 1 unspecified atom stereocenters. The Morgan fingerprint density at radius 1 is 1.62 bits per heavy atom. The minimum Gasteiger partial charge on any atom is -0.394 e. The summed E-state index contributed by atoms with van der Waals surface area (Å²) < 4.78 is 5.43. The first kappa shape index (κ1) is 12.4. The van der Waals surface area contributed by atoms with Crippen molar-refractivity contribution in [3.63, 3.8) is 0 Å². The fourth-order valence-electron chi connectivity index (χ4n) is 1.23. The van der Waals surface area contributed by atoms with Gasteiger partial charge in [-0.1, -0.05) is 13.8 Å². The summed E-state index contributed by atoms with van der Waals surface area (Å²) in [6, 6.07) is 0. The zero-order valence-corrected chi connectivity index (χ0v) is 8.44. The number of aliphatic hydroxyl groups excluding tert-OH is 1. The topological polar surface area (TPSA) is 67.8 Å². The average Bonchev–Trinajstić information content (AvgIpc) is 2.16. The standard InChI is InChI=1S/C9H20N2O2/c1-3-9(13-5-4-12)8(2)6-11-7-10/h7-9,12H,3-6H2,1-2H3,(H2,10,11)/t8?,9-/m0/s1. The van der Waals surface area contributed by atoms with Crippen molar-refractivity contribution in [2.24, 2.45) is 16.6 Å². The number of hydrogen-bond donors (Lipinski definition) is 2. The van der Waals surface area contributed by atoms with Crippen molar-refractivity contribution in [1.82, 2.24) is 0 Å². The highest BCUT2D eigenvalue weighted by atomic mass is 16.5. The van der Waals surface area contributed by atoms with Gasteiger partial charge in [0.05, 0.1) is 25.7 Å². The molecule has 0 aromatic heterocycles. The molecule has 13 heavy (non-hydrogen) atoms. The molecule has 0 aromatic carbocycles. The highest BCUT2D eigenvalue weighted by molar-refractivity contribution is 5.51. The number of nitrogens with zero attached hydrogens (tertiary/aromatic N) is 1. The van der Waals surface area contributed by atoms with Crippen LogP contribution in [0.25, 0.3) is 0 Å². The van der Waals surface area contributed by atoms with Gasteiger partial charge in [0.2, 0.25) is 0 Å². The van der Waals surface area contributed by atoms with E-state index >= 15 is 0 Å². The second kappa shape index (κ2) is 8.01. The van der Waals surface area contributed by atoms with Gasteiger partial charge in [-0.05, 0) is 6.42 Å². The van der Waals surface area contributed by atoms with Crippen LogP contribution in [0.3, 0.4) is 0 Å². The Labute approximate surface area is 79.8 Å². The molecule has 0 saturated carbocycles. The Morgan fingerprint density at radius 3 is 2.77 bits per heavy atom. The van der Waals surface area contributed by atoms with Gasteiger partial charge in [-0.2, -0.15) is 0 Å². The maximum Gasteiger partial charge on any atom is 0.0797 e. The van der Waals surface area contributed by atoms with Gasteiger partial charge in [0.15, 0.2) is 0 Å². The van der Waals surface area contributed by atoms with Gasteiger partial charge in [-0.15, -0.1) is 0 Å². The van der Waals surface area contributed by atoms with Crippen molar-refractivity contribution in [1.29, 1.82) is 0 Å². The molecule has 0 rings (SSSR count). The molecule has 0 aromatic rings. The molecular weight excluding hydrogens is 168 g/mol. The second-order valence-corrected chi connectivity index (χ2v) is 3.03. The molecule has 0 amide bonds. The highest BCUT2D eigenvalue weighted by Crippen LogP contribution is 2.11. The molecule has 78 valence electrons. The summed E-state index contributed by atoms with van der Waals surface area (Å²) in [5, 5.41) is 8.59. The van der Waals surface area contributed by atoms with Crippen LogP contribution in [-0.4, -0.2) is 37.3 Å². The first-order chi connectivity index (χ1) is 6.26. The fourth-order valence-corrected chi connectivity index (χ4v) is 1.23. The van der Waals surface area contributed by atoms with Crippen LogP contribution >= 0.6 is 0 Å². The van der Waals surface area contributed by atoms with E-state index in [1.165, 1.54) is 6.34 Å². The smallest absolute Gasteiger partial charge is 0.0797 e. The summed E-state index contributed by atoms with van der Waals surface area (Å²) in [6.45, 7) is 5.28. The third-order valence-corrected chi connectivity index (χ3v) is 1.96. The van der Waals surface area contributed by atoms with E-state index < -0.39 is 0 Å². The molecule has 0 aliphatic rings. The van der Waals surface area contributed by atoms with Gasteiger partial charge in [0.1, 0.15) is 0 Å². The Bertz CT molecular complexity index is 140. The van der Waals surface area contributed by atoms with E-state index in [1.54, 1.807) is 0 Å². The molecule has 0 aliphatic heterocycles. The van der Waals surface area contributed by atoms with E-state index in [1.807, 2.05) is 0 Å². The largest absolute Gasteiger partial charge is 0.394 e. The van der Waals surface area contributed by atoms with Gasteiger partial charge >= 0.3 is 0 Å². The molecular formula is C9H20N2O2. The zero-order valence-electron chi connectivity index (χ0n) is 8.44. The van der Waals surface area contributed by atoms with Crippen molar-refractivity contribution >= 4 is 6.34 Å². The van der Waals surface area contributed by atoms with Crippen molar-refractivity contribution in [2.75, 3.05) is 19.8 Å². The van der Waals surface area contributed by atoms with Crippen molar-refractivity contribution in [3.05, 3.63) is 0 Å². The lowest BCUT2D eigenvalue weighted by molar-refractivity contribution is -0.000737. The summed E-state index contributed by atoms with van der Waals surface area (Å²) in [5.41, 5.74) is 5.15. The second-order valence-electron chi connectivity index (χ2n) is 3.03. The average molecular weight is 188 g/mol. The molecule has 0 fully saturated rings. The predicted molar refractivity (Wildman–Crippen MR) is 53.8 cm³/mol. The van der Waals surface area contributed by atoms with Crippen LogP contribution in [0.2, 0.25) is 0 Å². The van der Waals surface area contributed by atoms with E-state index in [9.17, 15) is 0 Å². The number of aliphatic hydroxyl groups is 1. The number of ether oxygens (including phenoxy) is 1. The van der Waals surface area contributed by atoms with Crippen LogP contribution in [0.5, 0.6) is 0 Å². The minimum absolute atomic E-state index is 0.0728. The molecule has 3 N–H and O–H groups in total. The lowest BCUT2D eigenvalue weighted by Crippen LogP contribution is -2.24. The van der Waals surface area contributed by atoms with Gasteiger partial charge in [-0.25, -0.2) is 0 Å². The third kappa shape index (κ3) is 5.60. The van der Waals surface area contributed by atoms with Crippen LogP contribution in [0.15, 0.2) is 4.99 Å². The molecule has 4 heteroatoms. The SMILES string of the molecule is CC[C@H](OCCO)C(C)CN=CN. The van der Waals surface area contributed by atoms with Crippen LogP contribution in [0.4, 0.5) is 0 Å². The van der Waals surface area contributed by atoms with Crippen LogP contribution in [0.1, 0.15) is 20.3 Å². The van der Waals surface area contributed by atoms with Crippen LogP contribution in [-0.2, 0) is 4.74 Å². The van der Waals surface area contributed by atoms with Crippen LogP contribution in [0, 0.1) is 5.92 Å². The molecule has 0 spiro atoms. The summed E-state index contributed by atoms with van der Waals surface area (Å²) in [6.07, 6.45) is 2.41. The lowest BCUT2D eigenvalue weighted by atomic mass is 10.0. The molecule has 4 nitrogen and oxygen atoms in total. The monoisotopic (exact) mass is 188 g/mol. The van der Waals surface area contributed by atoms with Crippen LogP contribution < -0.4 is 5.73 Å². The number of aliphatic imine (C=N–C) groups is 1. The van der Waals surface area contributed by atoms with E-state index in [0.29, 0.717) is 19.1 Å². The van der Waals surface area contributed by atoms with Gasteiger partial charge < -0.3 is 15.6 Å². The third-order valence-electron chi connectivity index (χ3n) is 1.96. The quantitative estimate of drug-likeness (QED) is 0.449. The first-order valence-electron chi connectivity index (χ1n) is 4.68. The normalized spacial score (nSPS) is 16.2. The molecule has 0 radical (unpaired) electrons. The maximum atomic E-state index is 8.59. The van der Waals surface area contributed by atoms with Gasteiger partial charge in [0, 0.05) is 12.5 Å². The maximum absolute atomic E-state index is 8.59. The van der Waals surface area contributed by atoms with E-state index in [-0.39, 0.29) is 12.7 Å². The number of rotatable bonds is 7. The minimum atomic E-state index is 0.0728. The van der Waals surface area contributed by atoms with E-state index in [2.05, 4.69) is 18.8 Å².